The van der Waals surface area contributed by atoms with Gasteiger partial charge in [-0.1, -0.05) is 24.3 Å². The number of rotatable bonds is 3. The predicted octanol–water partition coefficient (Wildman–Crippen LogP) is 1.13. The molecule has 1 aromatic carbocycles. The van der Waals surface area contributed by atoms with E-state index < -0.39 is 10.0 Å². The Morgan fingerprint density at radius 2 is 1.86 bits per heavy atom. The van der Waals surface area contributed by atoms with Crippen molar-refractivity contribution >= 4 is 16.1 Å². The summed E-state index contributed by atoms with van der Waals surface area (Å²) in [5.41, 5.74) is 0.732. The van der Waals surface area contributed by atoms with Crippen LogP contribution >= 0.6 is 0 Å². The van der Waals surface area contributed by atoms with Gasteiger partial charge in [0.15, 0.2) is 0 Å². The molecule has 0 saturated heterocycles. The highest BCUT2D eigenvalue weighted by molar-refractivity contribution is 7.89. The molecule has 0 radical (unpaired) electrons. The molecule has 0 amide bonds. The van der Waals surface area contributed by atoms with Gasteiger partial charge in [-0.15, -0.1) is 0 Å². The average Bonchev–Trinajstić information content (AvgIpc) is 2.06. The molecule has 0 spiro atoms. The van der Waals surface area contributed by atoms with Gasteiger partial charge < -0.3 is 0 Å². The summed E-state index contributed by atoms with van der Waals surface area (Å²) in [5, 5.41) is 4.78. The molecule has 1 aromatic rings. The summed E-state index contributed by atoms with van der Waals surface area (Å²) >= 11 is 0. The van der Waals surface area contributed by atoms with Crippen molar-refractivity contribution in [2.24, 2.45) is 5.14 Å². The lowest BCUT2D eigenvalue weighted by Gasteiger charge is -1.92. The van der Waals surface area contributed by atoms with E-state index in [1.807, 2.05) is 0 Å². The summed E-state index contributed by atoms with van der Waals surface area (Å²) < 4.78 is 33.5. The number of hydrogen-bond acceptors (Lipinski definition) is 2. The highest BCUT2D eigenvalue weighted by Crippen LogP contribution is 2.04. The molecule has 0 heterocycles. The average molecular weight is 215 g/mol. The molecule has 0 aromatic heterocycles. The monoisotopic (exact) mass is 215 g/mol. The molecular formula is C9H10FNO2S. The van der Waals surface area contributed by atoms with Gasteiger partial charge in [0.2, 0.25) is 10.0 Å². The molecule has 0 fully saturated rings. The first-order valence-corrected chi connectivity index (χ1v) is 5.61. The van der Waals surface area contributed by atoms with Gasteiger partial charge in [0.05, 0.1) is 5.75 Å². The molecular weight excluding hydrogens is 205 g/mol. The minimum atomic E-state index is -3.46. The van der Waals surface area contributed by atoms with E-state index in [4.69, 9.17) is 5.14 Å². The largest absolute Gasteiger partial charge is 0.228 e. The van der Waals surface area contributed by atoms with E-state index in [0.717, 1.165) is 5.56 Å². The number of halogens is 1. The van der Waals surface area contributed by atoms with Gasteiger partial charge in [-0.25, -0.2) is 17.9 Å². The van der Waals surface area contributed by atoms with Crippen LogP contribution in [0.15, 0.2) is 30.3 Å². The summed E-state index contributed by atoms with van der Waals surface area (Å²) in [4.78, 5) is 0. The Morgan fingerprint density at radius 1 is 1.29 bits per heavy atom. The molecule has 76 valence electrons. The second-order valence-electron chi connectivity index (χ2n) is 2.78. The van der Waals surface area contributed by atoms with E-state index in [2.05, 4.69) is 0 Å². The lowest BCUT2D eigenvalue weighted by molar-refractivity contribution is 0.600. The third kappa shape index (κ3) is 4.15. The number of primary sulfonamides is 1. The number of benzene rings is 1. The third-order valence-electron chi connectivity index (χ3n) is 1.51. The Kier molecular flexibility index (Phi) is 3.38. The van der Waals surface area contributed by atoms with Gasteiger partial charge in [-0.05, 0) is 17.7 Å². The Bertz CT molecular complexity index is 423. The lowest BCUT2D eigenvalue weighted by atomic mass is 10.2. The minimum Gasteiger partial charge on any atom is -0.228 e. The van der Waals surface area contributed by atoms with Crippen molar-refractivity contribution in [3.63, 3.8) is 0 Å². The van der Waals surface area contributed by atoms with Crippen molar-refractivity contribution in [2.75, 3.05) is 5.75 Å². The standard InChI is InChI=1S/C9H10FNO2S/c10-9-5-3-8(4-6-9)2-1-7-14(11,12)13/h1-6H,7H2,(H2,11,12,13)/b2-1+. The zero-order valence-corrected chi connectivity index (χ0v) is 8.17. The van der Waals surface area contributed by atoms with Gasteiger partial charge in [0.1, 0.15) is 5.82 Å². The van der Waals surface area contributed by atoms with Crippen LogP contribution in [-0.4, -0.2) is 14.2 Å². The fourth-order valence-electron chi connectivity index (χ4n) is 0.892. The lowest BCUT2D eigenvalue weighted by Crippen LogP contribution is -2.14. The molecule has 0 unspecified atom stereocenters. The second-order valence-corrected chi connectivity index (χ2v) is 4.44. The summed E-state index contributed by atoms with van der Waals surface area (Å²) in [7, 11) is -3.46. The first-order chi connectivity index (χ1) is 6.47. The number of sulfonamides is 1. The highest BCUT2D eigenvalue weighted by atomic mass is 32.2. The highest BCUT2D eigenvalue weighted by Gasteiger charge is 1.96. The van der Waals surface area contributed by atoms with Crippen LogP contribution in [0.3, 0.4) is 0 Å². The zero-order valence-electron chi connectivity index (χ0n) is 7.35. The normalized spacial score (nSPS) is 12.1. The summed E-state index contributed by atoms with van der Waals surface area (Å²) in [6.45, 7) is 0. The molecule has 0 bridgehead atoms. The number of nitrogens with two attached hydrogens (primary N) is 1. The van der Waals surface area contributed by atoms with E-state index in [1.54, 1.807) is 18.2 Å². The van der Waals surface area contributed by atoms with Crippen LogP contribution in [0.1, 0.15) is 5.56 Å². The van der Waals surface area contributed by atoms with Crippen LogP contribution in [0.5, 0.6) is 0 Å². The van der Waals surface area contributed by atoms with Crippen LogP contribution in [0, 0.1) is 5.82 Å². The first kappa shape index (κ1) is 10.9. The Labute approximate surface area is 82.1 Å². The molecule has 5 heteroatoms. The van der Waals surface area contributed by atoms with E-state index in [-0.39, 0.29) is 11.6 Å². The van der Waals surface area contributed by atoms with Gasteiger partial charge in [0.25, 0.3) is 0 Å². The molecule has 3 nitrogen and oxygen atoms in total. The predicted molar refractivity (Wildman–Crippen MR) is 53.4 cm³/mol. The topological polar surface area (TPSA) is 60.2 Å². The van der Waals surface area contributed by atoms with Gasteiger partial charge in [-0.2, -0.15) is 0 Å². The third-order valence-corrected chi connectivity index (χ3v) is 2.17. The van der Waals surface area contributed by atoms with Crippen molar-refractivity contribution in [1.82, 2.24) is 0 Å². The Hall–Kier alpha value is -1.20. The maximum absolute atomic E-state index is 12.5. The maximum Gasteiger partial charge on any atom is 0.212 e. The summed E-state index contributed by atoms with van der Waals surface area (Å²) in [5.74, 6) is -0.543. The van der Waals surface area contributed by atoms with Crippen molar-refractivity contribution in [2.45, 2.75) is 0 Å². The Balaban J connectivity index is 2.65. The van der Waals surface area contributed by atoms with Crippen LogP contribution < -0.4 is 5.14 Å². The minimum absolute atomic E-state index is 0.218. The van der Waals surface area contributed by atoms with Gasteiger partial charge in [-0.3, -0.25) is 0 Å². The fourth-order valence-corrected chi connectivity index (χ4v) is 1.26. The SMILES string of the molecule is NS(=O)(=O)C/C=C/c1ccc(F)cc1. The van der Waals surface area contributed by atoms with Gasteiger partial charge >= 0.3 is 0 Å². The van der Waals surface area contributed by atoms with E-state index >= 15 is 0 Å². The molecule has 0 atom stereocenters. The van der Waals surface area contributed by atoms with Crippen LogP contribution in [0.2, 0.25) is 0 Å². The van der Waals surface area contributed by atoms with E-state index in [0.29, 0.717) is 0 Å². The quantitative estimate of drug-likeness (QED) is 0.821. The van der Waals surface area contributed by atoms with E-state index in [9.17, 15) is 12.8 Å². The van der Waals surface area contributed by atoms with Gasteiger partial charge in [0, 0.05) is 0 Å². The van der Waals surface area contributed by atoms with Crippen molar-refractivity contribution in [3.8, 4) is 0 Å². The molecule has 0 saturated carbocycles. The molecule has 0 aliphatic heterocycles. The van der Waals surface area contributed by atoms with Crippen molar-refractivity contribution in [1.29, 1.82) is 0 Å². The smallest absolute Gasteiger partial charge is 0.212 e. The zero-order chi connectivity index (χ0) is 10.6. The maximum atomic E-state index is 12.5. The fraction of sp³-hybridized carbons (Fsp3) is 0.111. The molecule has 14 heavy (non-hydrogen) atoms. The summed E-state index contributed by atoms with van der Waals surface area (Å²) in [6.07, 6.45) is 2.99. The molecule has 2 N–H and O–H groups in total. The molecule has 1 rings (SSSR count). The first-order valence-electron chi connectivity index (χ1n) is 3.90. The van der Waals surface area contributed by atoms with Crippen LogP contribution in [0.4, 0.5) is 4.39 Å². The number of hydrogen-bond donors (Lipinski definition) is 1. The van der Waals surface area contributed by atoms with E-state index in [1.165, 1.54) is 18.2 Å². The Morgan fingerprint density at radius 3 is 2.36 bits per heavy atom. The second kappa shape index (κ2) is 4.34. The van der Waals surface area contributed by atoms with Crippen LogP contribution in [0.25, 0.3) is 6.08 Å². The molecule has 0 aliphatic carbocycles. The van der Waals surface area contributed by atoms with Crippen molar-refractivity contribution in [3.05, 3.63) is 41.7 Å². The summed E-state index contributed by atoms with van der Waals surface area (Å²) in [6, 6.07) is 5.71. The van der Waals surface area contributed by atoms with Crippen molar-refractivity contribution < 1.29 is 12.8 Å². The molecule has 0 aliphatic rings. The van der Waals surface area contributed by atoms with Crippen LogP contribution in [-0.2, 0) is 10.0 Å².